The predicted octanol–water partition coefficient (Wildman–Crippen LogP) is 4.23. The molecule has 1 amide bonds. The zero-order valence-corrected chi connectivity index (χ0v) is 24.1. The molecule has 43 heavy (non-hydrogen) atoms. The summed E-state index contributed by atoms with van der Waals surface area (Å²) in [5.74, 6) is 0.638. The Morgan fingerprint density at radius 1 is 0.907 bits per heavy atom. The lowest BCUT2D eigenvalue weighted by molar-refractivity contribution is -0.276. The van der Waals surface area contributed by atoms with Gasteiger partial charge in [-0.25, -0.2) is 9.97 Å². The summed E-state index contributed by atoms with van der Waals surface area (Å²) in [6.45, 7) is 6.42. The van der Waals surface area contributed by atoms with Gasteiger partial charge in [0.15, 0.2) is 6.29 Å². The quantitative estimate of drug-likeness (QED) is 0.316. The molecule has 2 aliphatic rings. The zero-order chi connectivity index (χ0) is 29.6. The highest BCUT2D eigenvalue weighted by atomic mass is 16.7. The van der Waals surface area contributed by atoms with E-state index in [1.807, 2.05) is 54.6 Å². The highest BCUT2D eigenvalue weighted by molar-refractivity contribution is 6.04. The maximum Gasteiger partial charge on any atom is 0.257 e. The van der Waals surface area contributed by atoms with Gasteiger partial charge in [0.1, 0.15) is 0 Å². The van der Waals surface area contributed by atoms with E-state index in [1.54, 1.807) is 30.7 Å². The highest BCUT2D eigenvalue weighted by Gasteiger charge is 2.39. The number of rotatable bonds is 8. The number of ether oxygens (including phenoxy) is 2. The maximum absolute atomic E-state index is 12.6. The van der Waals surface area contributed by atoms with Crippen molar-refractivity contribution in [2.45, 2.75) is 32.0 Å². The number of hydrogen-bond acceptors (Lipinski definition) is 9. The van der Waals surface area contributed by atoms with Crippen LogP contribution in [-0.2, 0) is 16.1 Å². The van der Waals surface area contributed by atoms with Crippen LogP contribution in [0.3, 0.4) is 0 Å². The minimum atomic E-state index is -0.578. The summed E-state index contributed by atoms with van der Waals surface area (Å²) < 4.78 is 13.3. The van der Waals surface area contributed by atoms with Crippen molar-refractivity contribution in [2.75, 3.05) is 42.9 Å². The number of carbonyl (C=O) groups is 1. The number of anilines is 2. The Bertz CT molecular complexity index is 1470. The fraction of sp³-hybridized carbons (Fsp3) is 0.333. The van der Waals surface area contributed by atoms with Crippen LogP contribution in [0.4, 0.5) is 11.6 Å². The molecule has 6 rings (SSSR count). The van der Waals surface area contributed by atoms with Crippen molar-refractivity contribution in [2.24, 2.45) is 5.92 Å². The average molecular weight is 581 g/mol. The third-order valence-corrected chi connectivity index (χ3v) is 8.13. The number of nitrogens with one attached hydrogen (secondary N) is 1. The van der Waals surface area contributed by atoms with Crippen molar-refractivity contribution in [3.8, 4) is 0 Å². The first-order valence-corrected chi connectivity index (χ1v) is 14.6. The van der Waals surface area contributed by atoms with Crippen molar-refractivity contribution >= 4 is 17.5 Å². The molecule has 0 aliphatic carbocycles. The average Bonchev–Trinajstić information content (AvgIpc) is 3.07. The number of amides is 1. The first kappa shape index (κ1) is 28.9. The van der Waals surface area contributed by atoms with Gasteiger partial charge in [-0.15, -0.1) is 0 Å². The van der Waals surface area contributed by atoms with E-state index in [-0.39, 0.29) is 30.6 Å². The molecule has 222 valence electrons. The van der Waals surface area contributed by atoms with Crippen molar-refractivity contribution < 1.29 is 19.4 Å². The van der Waals surface area contributed by atoms with Crippen LogP contribution in [0.2, 0.25) is 0 Å². The topological polar surface area (TPSA) is 113 Å². The molecule has 2 saturated heterocycles. The van der Waals surface area contributed by atoms with Crippen molar-refractivity contribution in [1.82, 2.24) is 19.9 Å². The second kappa shape index (κ2) is 13.4. The molecule has 2 aromatic heterocycles. The normalized spacial score (nSPS) is 22.7. The molecule has 4 unspecified atom stereocenters. The summed E-state index contributed by atoms with van der Waals surface area (Å²) >= 11 is 0. The van der Waals surface area contributed by atoms with Crippen LogP contribution in [-0.4, -0.2) is 69.7 Å². The first-order chi connectivity index (χ1) is 21.1. The van der Waals surface area contributed by atoms with Crippen molar-refractivity contribution in [3.05, 3.63) is 114 Å². The zero-order valence-electron chi connectivity index (χ0n) is 24.1. The summed E-state index contributed by atoms with van der Waals surface area (Å²) in [6.07, 6.45) is 5.88. The number of carbonyl (C=O) groups excluding carboxylic acids is 1. The second-order valence-corrected chi connectivity index (χ2v) is 11.0. The Morgan fingerprint density at radius 2 is 1.63 bits per heavy atom. The van der Waals surface area contributed by atoms with Crippen molar-refractivity contribution in [1.29, 1.82) is 0 Å². The molecule has 10 nitrogen and oxygen atoms in total. The Balaban J connectivity index is 1.17. The van der Waals surface area contributed by atoms with Gasteiger partial charge < -0.3 is 24.8 Å². The second-order valence-electron chi connectivity index (χ2n) is 11.0. The molecular formula is C33H36N6O4. The SMILES string of the molecule is CC1C(CN2CCN(c3ncccn3)CC2)OC(c2ccc(NC(=O)c3cccnc3)cc2)OC1c1ccc(CO)cc1. The van der Waals surface area contributed by atoms with Gasteiger partial charge in [-0.3, -0.25) is 14.7 Å². The molecule has 2 aliphatic heterocycles. The molecule has 2 fully saturated rings. The van der Waals surface area contributed by atoms with Crippen LogP contribution >= 0.6 is 0 Å². The molecule has 4 heterocycles. The summed E-state index contributed by atoms with van der Waals surface area (Å²) in [4.78, 5) is 30.1. The summed E-state index contributed by atoms with van der Waals surface area (Å²) in [6, 6.07) is 20.8. The smallest absolute Gasteiger partial charge is 0.257 e. The Labute approximate surface area is 251 Å². The van der Waals surface area contributed by atoms with Gasteiger partial charge in [0.25, 0.3) is 5.91 Å². The minimum Gasteiger partial charge on any atom is -0.392 e. The number of piperazine rings is 1. The van der Waals surface area contributed by atoms with Gasteiger partial charge in [-0.2, -0.15) is 0 Å². The van der Waals surface area contributed by atoms with Crippen molar-refractivity contribution in [3.63, 3.8) is 0 Å². The summed E-state index contributed by atoms with van der Waals surface area (Å²) in [5, 5.41) is 12.5. The molecule has 10 heteroatoms. The van der Waals surface area contributed by atoms with E-state index in [0.29, 0.717) is 11.3 Å². The first-order valence-electron chi connectivity index (χ1n) is 14.6. The van der Waals surface area contributed by atoms with Crippen LogP contribution in [0.25, 0.3) is 0 Å². The molecular weight excluding hydrogens is 544 g/mol. The van der Waals surface area contributed by atoms with E-state index >= 15 is 0 Å². The van der Waals surface area contributed by atoms with Gasteiger partial charge in [-0.1, -0.05) is 43.3 Å². The summed E-state index contributed by atoms with van der Waals surface area (Å²) in [5.41, 5.74) is 3.96. The fourth-order valence-corrected chi connectivity index (χ4v) is 5.59. The number of hydrogen-bond donors (Lipinski definition) is 2. The van der Waals surface area contributed by atoms with Crippen LogP contribution in [0.5, 0.6) is 0 Å². The van der Waals surface area contributed by atoms with E-state index in [0.717, 1.165) is 55.4 Å². The lowest BCUT2D eigenvalue weighted by atomic mass is 9.90. The molecule has 0 spiro atoms. The van der Waals surface area contributed by atoms with Gasteiger partial charge in [-0.05, 0) is 41.5 Å². The number of aliphatic hydroxyl groups excluding tert-OH is 1. The monoisotopic (exact) mass is 580 g/mol. The fourth-order valence-electron chi connectivity index (χ4n) is 5.59. The third-order valence-electron chi connectivity index (χ3n) is 8.13. The van der Waals surface area contributed by atoms with Crippen LogP contribution in [0.15, 0.2) is 91.5 Å². The van der Waals surface area contributed by atoms with E-state index in [2.05, 4.69) is 37.0 Å². The number of aliphatic hydroxyl groups is 1. The maximum atomic E-state index is 12.6. The number of aromatic nitrogens is 3. The van der Waals surface area contributed by atoms with Crippen LogP contribution < -0.4 is 10.2 Å². The molecule has 0 bridgehead atoms. The number of pyridine rings is 1. The van der Waals surface area contributed by atoms with E-state index < -0.39 is 6.29 Å². The van der Waals surface area contributed by atoms with Gasteiger partial charge in [0.05, 0.1) is 24.4 Å². The Kier molecular flexibility index (Phi) is 8.99. The number of benzene rings is 2. The molecule has 2 aromatic carbocycles. The molecule has 2 N–H and O–H groups in total. The standard InChI is InChI=1S/C33H36N6O4/c1-23-29(21-38-16-18-39(19-17-38)33-35-14-3-15-36-33)42-32(43-30(23)25-7-5-24(22-40)6-8-25)26-9-11-28(12-10-26)37-31(41)27-4-2-13-34-20-27/h2-15,20,23,29-30,32,40H,16-19,21-22H2,1H3,(H,37,41). The predicted molar refractivity (Wildman–Crippen MR) is 162 cm³/mol. The molecule has 4 aromatic rings. The Hall–Kier alpha value is -4.22. The molecule has 0 radical (unpaired) electrons. The molecule has 4 atom stereocenters. The largest absolute Gasteiger partial charge is 0.392 e. The Morgan fingerprint density at radius 3 is 2.30 bits per heavy atom. The van der Waals surface area contributed by atoms with E-state index in [1.165, 1.54) is 6.20 Å². The summed E-state index contributed by atoms with van der Waals surface area (Å²) in [7, 11) is 0. The molecule has 0 saturated carbocycles. The van der Waals surface area contributed by atoms with Gasteiger partial charge in [0, 0.05) is 74.7 Å². The van der Waals surface area contributed by atoms with Crippen LogP contribution in [0.1, 0.15) is 46.4 Å². The van der Waals surface area contributed by atoms with E-state index in [4.69, 9.17) is 9.47 Å². The minimum absolute atomic E-state index is 0.000606. The lowest BCUT2D eigenvalue weighted by Crippen LogP contribution is -2.51. The van der Waals surface area contributed by atoms with Gasteiger partial charge >= 0.3 is 0 Å². The number of nitrogens with zero attached hydrogens (tertiary/aromatic N) is 5. The van der Waals surface area contributed by atoms with E-state index in [9.17, 15) is 9.90 Å². The third kappa shape index (κ3) is 6.89. The van der Waals surface area contributed by atoms with Gasteiger partial charge in [0.2, 0.25) is 5.95 Å². The lowest BCUT2D eigenvalue weighted by Gasteiger charge is -2.44. The van der Waals surface area contributed by atoms with Crippen LogP contribution in [0, 0.1) is 5.92 Å². The highest BCUT2D eigenvalue weighted by Crippen LogP contribution is 2.42.